The van der Waals surface area contributed by atoms with E-state index in [2.05, 4.69) is 10.0 Å². The summed E-state index contributed by atoms with van der Waals surface area (Å²) in [5.74, 6) is -0.785. The molecule has 0 aliphatic carbocycles. The Morgan fingerprint density at radius 2 is 1.80 bits per heavy atom. The van der Waals surface area contributed by atoms with Crippen LogP contribution in [-0.4, -0.2) is 27.0 Å². The van der Waals surface area contributed by atoms with Crippen LogP contribution in [0.5, 0.6) is 5.75 Å². The van der Waals surface area contributed by atoms with E-state index in [0.29, 0.717) is 18.0 Å². The Balaban J connectivity index is 2.03. The molecule has 0 fully saturated rings. The van der Waals surface area contributed by atoms with Gasteiger partial charge < -0.3 is 10.1 Å². The Morgan fingerprint density at radius 1 is 1.16 bits per heavy atom. The molecule has 0 saturated carbocycles. The molecular weight excluding hydrogens is 347 g/mol. The van der Waals surface area contributed by atoms with Gasteiger partial charge in [0.15, 0.2) is 0 Å². The van der Waals surface area contributed by atoms with E-state index in [9.17, 15) is 17.6 Å². The van der Waals surface area contributed by atoms with Crippen LogP contribution in [0.25, 0.3) is 0 Å². The second-order valence-electron chi connectivity index (χ2n) is 5.22. The van der Waals surface area contributed by atoms with E-state index < -0.39 is 32.7 Å². The van der Waals surface area contributed by atoms with Crippen molar-refractivity contribution >= 4 is 21.6 Å². The summed E-state index contributed by atoms with van der Waals surface area (Å²) in [5.41, 5.74) is 0.491. The van der Waals surface area contributed by atoms with Crippen molar-refractivity contribution < 1.29 is 22.3 Å². The van der Waals surface area contributed by atoms with E-state index in [1.54, 1.807) is 24.3 Å². The van der Waals surface area contributed by atoms with E-state index in [1.165, 1.54) is 19.1 Å². The SMILES string of the molecule is CCOc1ccc(NC(=O)[C@H](C)NS(=O)(=O)c2ccccc2F)cc1. The highest BCUT2D eigenvalue weighted by atomic mass is 32.2. The first-order valence-corrected chi connectivity index (χ1v) is 9.12. The van der Waals surface area contributed by atoms with Crippen LogP contribution in [0, 0.1) is 5.82 Å². The number of halogens is 1. The lowest BCUT2D eigenvalue weighted by molar-refractivity contribution is -0.117. The molecule has 2 N–H and O–H groups in total. The minimum atomic E-state index is -4.15. The van der Waals surface area contributed by atoms with Crippen molar-refractivity contribution in [3.8, 4) is 5.75 Å². The molecule has 0 aromatic heterocycles. The van der Waals surface area contributed by atoms with Crippen LogP contribution < -0.4 is 14.8 Å². The molecule has 8 heteroatoms. The monoisotopic (exact) mass is 366 g/mol. The number of carbonyl (C=O) groups is 1. The van der Waals surface area contributed by atoms with Crippen molar-refractivity contribution in [2.75, 3.05) is 11.9 Å². The fourth-order valence-electron chi connectivity index (χ4n) is 2.06. The molecule has 0 unspecified atom stereocenters. The quantitative estimate of drug-likeness (QED) is 0.789. The Hall–Kier alpha value is -2.45. The molecule has 2 aromatic rings. The van der Waals surface area contributed by atoms with Crippen molar-refractivity contribution in [1.29, 1.82) is 0 Å². The summed E-state index contributed by atoms with van der Waals surface area (Å²) in [7, 11) is -4.15. The van der Waals surface area contributed by atoms with Gasteiger partial charge in [-0.1, -0.05) is 12.1 Å². The molecule has 0 bridgehead atoms. The van der Waals surface area contributed by atoms with Crippen LogP contribution in [-0.2, 0) is 14.8 Å². The molecule has 2 aromatic carbocycles. The maximum atomic E-state index is 13.7. The van der Waals surface area contributed by atoms with Gasteiger partial charge in [-0.05, 0) is 50.2 Å². The predicted octanol–water partition coefficient (Wildman–Crippen LogP) is 2.53. The number of nitrogens with one attached hydrogen (secondary N) is 2. The Morgan fingerprint density at radius 3 is 2.40 bits per heavy atom. The summed E-state index contributed by atoms with van der Waals surface area (Å²) in [5, 5.41) is 2.58. The van der Waals surface area contributed by atoms with Crippen molar-refractivity contribution in [2.45, 2.75) is 24.8 Å². The lowest BCUT2D eigenvalue weighted by Crippen LogP contribution is -2.41. The average molecular weight is 366 g/mol. The van der Waals surface area contributed by atoms with Gasteiger partial charge in [-0.15, -0.1) is 0 Å². The summed E-state index contributed by atoms with van der Waals surface area (Å²) in [6, 6.07) is 10.5. The van der Waals surface area contributed by atoms with Crippen LogP contribution in [0.3, 0.4) is 0 Å². The molecule has 0 aliphatic heterocycles. The van der Waals surface area contributed by atoms with E-state index in [-0.39, 0.29) is 0 Å². The van der Waals surface area contributed by atoms with Crippen LogP contribution in [0.15, 0.2) is 53.4 Å². The van der Waals surface area contributed by atoms with Crippen molar-refractivity contribution in [1.82, 2.24) is 4.72 Å². The van der Waals surface area contributed by atoms with Gasteiger partial charge in [0.05, 0.1) is 12.6 Å². The average Bonchev–Trinajstić information content (AvgIpc) is 2.56. The molecule has 1 amide bonds. The molecule has 0 saturated heterocycles. The highest BCUT2D eigenvalue weighted by Crippen LogP contribution is 2.17. The third kappa shape index (κ3) is 5.01. The zero-order chi connectivity index (χ0) is 18.4. The second-order valence-corrected chi connectivity index (χ2v) is 6.90. The summed E-state index contributed by atoms with van der Waals surface area (Å²) in [4.78, 5) is 11.7. The van der Waals surface area contributed by atoms with Gasteiger partial charge in [-0.25, -0.2) is 12.8 Å². The molecule has 2 rings (SSSR count). The lowest BCUT2D eigenvalue weighted by Gasteiger charge is -2.15. The number of hydrogen-bond acceptors (Lipinski definition) is 4. The van der Waals surface area contributed by atoms with E-state index >= 15 is 0 Å². The fraction of sp³-hybridized carbons (Fsp3) is 0.235. The number of rotatable bonds is 7. The molecule has 0 spiro atoms. The van der Waals surface area contributed by atoms with Gasteiger partial charge in [0.1, 0.15) is 16.5 Å². The maximum Gasteiger partial charge on any atom is 0.244 e. The Labute approximate surface area is 146 Å². The van der Waals surface area contributed by atoms with Crippen LogP contribution in [0.1, 0.15) is 13.8 Å². The van der Waals surface area contributed by atoms with Gasteiger partial charge in [-0.2, -0.15) is 4.72 Å². The number of ether oxygens (including phenoxy) is 1. The topological polar surface area (TPSA) is 84.5 Å². The molecule has 1 atom stereocenters. The smallest absolute Gasteiger partial charge is 0.244 e. The third-order valence-corrected chi connectivity index (χ3v) is 4.86. The normalized spacial score (nSPS) is 12.4. The Bertz CT molecular complexity index is 838. The van der Waals surface area contributed by atoms with Crippen LogP contribution in [0.4, 0.5) is 10.1 Å². The predicted molar refractivity (Wildman–Crippen MR) is 92.4 cm³/mol. The number of carbonyl (C=O) groups excluding carboxylic acids is 1. The van der Waals surface area contributed by atoms with Crippen molar-refractivity contribution in [3.05, 3.63) is 54.3 Å². The summed E-state index contributed by atoms with van der Waals surface area (Å²) < 4.78 is 45.5. The summed E-state index contributed by atoms with van der Waals surface area (Å²) in [6.07, 6.45) is 0. The van der Waals surface area contributed by atoms with Gasteiger partial charge in [0, 0.05) is 5.69 Å². The van der Waals surface area contributed by atoms with E-state index in [4.69, 9.17) is 4.74 Å². The molecule has 25 heavy (non-hydrogen) atoms. The van der Waals surface area contributed by atoms with E-state index in [1.807, 2.05) is 6.92 Å². The molecule has 6 nitrogen and oxygen atoms in total. The number of hydrogen-bond donors (Lipinski definition) is 2. The number of benzene rings is 2. The molecule has 0 radical (unpaired) electrons. The van der Waals surface area contributed by atoms with Crippen molar-refractivity contribution in [2.24, 2.45) is 0 Å². The largest absolute Gasteiger partial charge is 0.494 e. The first kappa shape index (κ1) is 18.9. The van der Waals surface area contributed by atoms with Gasteiger partial charge in [-0.3, -0.25) is 4.79 Å². The van der Waals surface area contributed by atoms with Crippen LogP contribution >= 0.6 is 0 Å². The Kier molecular flexibility index (Phi) is 6.11. The zero-order valence-corrected chi connectivity index (χ0v) is 14.6. The lowest BCUT2D eigenvalue weighted by atomic mass is 10.2. The molecule has 0 aliphatic rings. The molecule has 134 valence electrons. The van der Waals surface area contributed by atoms with Gasteiger partial charge in [0.25, 0.3) is 0 Å². The standard InChI is InChI=1S/C17H19FN2O4S/c1-3-24-14-10-8-13(9-11-14)19-17(21)12(2)20-25(22,23)16-7-5-4-6-15(16)18/h4-12,20H,3H2,1-2H3,(H,19,21)/t12-/m0/s1. The first-order valence-electron chi connectivity index (χ1n) is 7.64. The first-order chi connectivity index (χ1) is 11.8. The fourth-order valence-corrected chi connectivity index (χ4v) is 3.35. The van der Waals surface area contributed by atoms with Crippen molar-refractivity contribution in [3.63, 3.8) is 0 Å². The minimum Gasteiger partial charge on any atom is -0.494 e. The molecule has 0 heterocycles. The van der Waals surface area contributed by atoms with Gasteiger partial charge in [0.2, 0.25) is 15.9 Å². The van der Waals surface area contributed by atoms with Crippen LogP contribution in [0.2, 0.25) is 0 Å². The highest BCUT2D eigenvalue weighted by Gasteiger charge is 2.24. The zero-order valence-electron chi connectivity index (χ0n) is 13.8. The molecular formula is C17H19FN2O4S. The maximum absolute atomic E-state index is 13.7. The summed E-state index contributed by atoms with van der Waals surface area (Å²) in [6.45, 7) is 3.77. The highest BCUT2D eigenvalue weighted by molar-refractivity contribution is 7.89. The van der Waals surface area contributed by atoms with E-state index in [0.717, 1.165) is 12.1 Å². The minimum absolute atomic E-state index is 0.491. The van der Waals surface area contributed by atoms with Gasteiger partial charge >= 0.3 is 0 Å². The number of amides is 1. The number of anilines is 1. The summed E-state index contributed by atoms with van der Waals surface area (Å²) >= 11 is 0. The second kappa shape index (κ2) is 8.09. The number of sulfonamides is 1. The third-order valence-electron chi connectivity index (χ3n) is 3.28.